The molecular weight excluding hydrogens is 322 g/mol. The Kier molecular flexibility index (Phi) is 6.01. The van der Waals surface area contributed by atoms with Gasteiger partial charge in [-0.1, -0.05) is 15.9 Å². The Balaban J connectivity index is 2.84. The van der Waals surface area contributed by atoms with Crippen LogP contribution in [0.5, 0.6) is 0 Å². The van der Waals surface area contributed by atoms with Gasteiger partial charge in [-0.25, -0.2) is 0 Å². The van der Waals surface area contributed by atoms with Gasteiger partial charge in [-0.05, 0) is 39.0 Å². The largest absolute Gasteiger partial charge is 0.398 e. The molecule has 0 radical (unpaired) electrons. The van der Waals surface area contributed by atoms with E-state index in [0.717, 1.165) is 4.47 Å². The van der Waals surface area contributed by atoms with Crippen molar-refractivity contribution in [2.24, 2.45) is 0 Å². The summed E-state index contributed by atoms with van der Waals surface area (Å²) in [5.41, 5.74) is 6.65. The van der Waals surface area contributed by atoms with E-state index >= 15 is 0 Å². The first kappa shape index (κ1) is 16.5. The third kappa shape index (κ3) is 4.52. The molecule has 1 aromatic rings. The van der Waals surface area contributed by atoms with Crippen LogP contribution in [0.1, 0.15) is 31.1 Å². The van der Waals surface area contributed by atoms with Gasteiger partial charge in [0.15, 0.2) is 0 Å². The second-order valence-electron chi connectivity index (χ2n) is 4.77. The number of nitrogen functional groups attached to an aromatic ring is 1. The monoisotopic (exact) mass is 341 g/mol. The number of hydrogen-bond donors (Lipinski definition) is 2. The van der Waals surface area contributed by atoms with E-state index in [4.69, 9.17) is 5.73 Å². The highest BCUT2D eigenvalue weighted by Gasteiger charge is 2.19. The fourth-order valence-corrected chi connectivity index (χ4v) is 2.15. The number of nitrogens with zero attached hydrogens (tertiary/aromatic N) is 1. The fraction of sp³-hybridized carbons (Fsp3) is 0.429. The summed E-state index contributed by atoms with van der Waals surface area (Å²) in [6, 6.07) is 5.14. The Hall–Kier alpha value is -1.56. The second-order valence-corrected chi connectivity index (χ2v) is 5.69. The van der Waals surface area contributed by atoms with E-state index in [1.165, 1.54) is 4.90 Å². The number of carbonyl (C=O) groups excluding carboxylic acids is 2. The SMILES string of the molecule is CCN(CC(=O)NC(C)C)C(=O)c1ccc(Br)cc1N. The van der Waals surface area contributed by atoms with Crippen molar-refractivity contribution in [2.75, 3.05) is 18.8 Å². The van der Waals surface area contributed by atoms with Gasteiger partial charge in [0.05, 0.1) is 12.1 Å². The molecular formula is C14H20BrN3O2. The Labute approximate surface area is 127 Å². The first-order valence-corrected chi connectivity index (χ1v) is 7.28. The predicted molar refractivity (Wildman–Crippen MR) is 83.4 cm³/mol. The van der Waals surface area contributed by atoms with Gasteiger partial charge in [-0.2, -0.15) is 0 Å². The number of amides is 2. The highest BCUT2D eigenvalue weighted by molar-refractivity contribution is 9.10. The molecule has 0 aromatic heterocycles. The number of nitrogens with two attached hydrogens (primary N) is 1. The second kappa shape index (κ2) is 7.28. The average Bonchev–Trinajstić information content (AvgIpc) is 2.34. The molecule has 110 valence electrons. The van der Waals surface area contributed by atoms with Crippen LogP contribution in [0.25, 0.3) is 0 Å². The van der Waals surface area contributed by atoms with Crippen LogP contribution < -0.4 is 11.1 Å². The van der Waals surface area contributed by atoms with E-state index in [9.17, 15) is 9.59 Å². The van der Waals surface area contributed by atoms with Crippen LogP contribution in [0.4, 0.5) is 5.69 Å². The van der Waals surface area contributed by atoms with Gasteiger partial charge in [-0.15, -0.1) is 0 Å². The number of halogens is 1. The Bertz CT molecular complexity index is 503. The van der Waals surface area contributed by atoms with Crippen molar-refractivity contribution in [3.8, 4) is 0 Å². The molecule has 2 amide bonds. The molecule has 0 unspecified atom stereocenters. The van der Waals surface area contributed by atoms with Crippen LogP contribution in [-0.4, -0.2) is 35.8 Å². The Morgan fingerprint density at radius 1 is 1.40 bits per heavy atom. The number of nitrogens with one attached hydrogen (secondary N) is 1. The molecule has 0 aliphatic rings. The quantitative estimate of drug-likeness (QED) is 0.804. The predicted octanol–water partition coefficient (Wildman–Crippen LogP) is 2.02. The van der Waals surface area contributed by atoms with Gasteiger partial charge in [0, 0.05) is 22.7 Å². The Morgan fingerprint density at radius 2 is 2.05 bits per heavy atom. The minimum Gasteiger partial charge on any atom is -0.398 e. The van der Waals surface area contributed by atoms with Gasteiger partial charge in [0.2, 0.25) is 5.91 Å². The number of anilines is 1. The molecule has 20 heavy (non-hydrogen) atoms. The van der Waals surface area contributed by atoms with Crippen LogP contribution in [0.3, 0.4) is 0 Å². The molecule has 3 N–H and O–H groups in total. The highest BCUT2D eigenvalue weighted by atomic mass is 79.9. The maximum absolute atomic E-state index is 12.4. The van der Waals surface area contributed by atoms with E-state index in [-0.39, 0.29) is 24.4 Å². The van der Waals surface area contributed by atoms with E-state index in [1.54, 1.807) is 18.2 Å². The van der Waals surface area contributed by atoms with Crippen molar-refractivity contribution in [3.63, 3.8) is 0 Å². The van der Waals surface area contributed by atoms with Crippen LogP contribution >= 0.6 is 15.9 Å². The summed E-state index contributed by atoms with van der Waals surface area (Å²) in [4.78, 5) is 25.6. The molecule has 0 saturated heterocycles. The van der Waals surface area contributed by atoms with E-state index < -0.39 is 0 Å². The lowest BCUT2D eigenvalue weighted by atomic mass is 10.1. The molecule has 0 bridgehead atoms. The molecule has 0 fully saturated rings. The molecule has 0 heterocycles. The molecule has 5 nitrogen and oxygen atoms in total. The summed E-state index contributed by atoms with van der Waals surface area (Å²) < 4.78 is 0.812. The van der Waals surface area contributed by atoms with E-state index in [0.29, 0.717) is 17.8 Å². The van der Waals surface area contributed by atoms with Crippen molar-refractivity contribution in [2.45, 2.75) is 26.8 Å². The molecule has 1 aromatic carbocycles. The lowest BCUT2D eigenvalue weighted by molar-refractivity contribution is -0.122. The van der Waals surface area contributed by atoms with Crippen molar-refractivity contribution >= 4 is 33.4 Å². The highest BCUT2D eigenvalue weighted by Crippen LogP contribution is 2.20. The summed E-state index contributed by atoms with van der Waals surface area (Å²) in [6.45, 7) is 6.06. The third-order valence-corrected chi connectivity index (χ3v) is 3.19. The topological polar surface area (TPSA) is 75.4 Å². The lowest BCUT2D eigenvalue weighted by Gasteiger charge is -2.22. The van der Waals surface area contributed by atoms with Gasteiger partial charge in [0.25, 0.3) is 5.91 Å². The smallest absolute Gasteiger partial charge is 0.256 e. The van der Waals surface area contributed by atoms with Crippen LogP contribution in [0, 0.1) is 0 Å². The number of carbonyl (C=O) groups is 2. The normalized spacial score (nSPS) is 10.4. The van der Waals surface area contributed by atoms with Crippen molar-refractivity contribution in [1.82, 2.24) is 10.2 Å². The van der Waals surface area contributed by atoms with Crippen LogP contribution in [0.2, 0.25) is 0 Å². The number of hydrogen-bond acceptors (Lipinski definition) is 3. The standard InChI is InChI=1S/C14H20BrN3O2/c1-4-18(8-13(19)17-9(2)3)14(20)11-6-5-10(15)7-12(11)16/h5-7,9H,4,8,16H2,1-3H3,(H,17,19). The molecule has 6 heteroatoms. The van der Waals surface area contributed by atoms with Gasteiger partial charge in [0.1, 0.15) is 0 Å². The first-order valence-electron chi connectivity index (χ1n) is 6.48. The lowest BCUT2D eigenvalue weighted by Crippen LogP contribution is -2.42. The molecule has 0 saturated carbocycles. The van der Waals surface area contributed by atoms with Crippen LogP contribution in [0.15, 0.2) is 22.7 Å². The zero-order valence-corrected chi connectivity index (χ0v) is 13.5. The summed E-state index contributed by atoms with van der Waals surface area (Å²) in [5.74, 6) is -0.415. The maximum atomic E-state index is 12.4. The molecule has 0 spiro atoms. The number of benzene rings is 1. The van der Waals surface area contributed by atoms with Gasteiger partial charge < -0.3 is 16.0 Å². The van der Waals surface area contributed by atoms with Gasteiger partial charge >= 0.3 is 0 Å². The number of rotatable bonds is 5. The fourth-order valence-electron chi connectivity index (χ4n) is 1.77. The summed E-state index contributed by atoms with van der Waals surface area (Å²) in [5, 5.41) is 2.77. The summed E-state index contributed by atoms with van der Waals surface area (Å²) in [7, 11) is 0. The van der Waals surface area contributed by atoms with Crippen molar-refractivity contribution < 1.29 is 9.59 Å². The van der Waals surface area contributed by atoms with Gasteiger partial charge in [-0.3, -0.25) is 9.59 Å². The van der Waals surface area contributed by atoms with E-state index in [2.05, 4.69) is 21.2 Å². The molecule has 0 atom stereocenters. The van der Waals surface area contributed by atoms with Crippen molar-refractivity contribution in [3.05, 3.63) is 28.2 Å². The third-order valence-electron chi connectivity index (χ3n) is 2.70. The number of likely N-dealkylation sites (N-methyl/N-ethyl adjacent to an activating group) is 1. The first-order chi connectivity index (χ1) is 9.35. The van der Waals surface area contributed by atoms with Crippen LogP contribution in [-0.2, 0) is 4.79 Å². The molecule has 0 aliphatic carbocycles. The minimum atomic E-state index is -0.239. The molecule has 1 rings (SSSR count). The molecule has 0 aliphatic heterocycles. The summed E-state index contributed by atoms with van der Waals surface area (Å²) >= 11 is 3.30. The van der Waals surface area contributed by atoms with Crippen molar-refractivity contribution in [1.29, 1.82) is 0 Å². The zero-order chi connectivity index (χ0) is 15.3. The Morgan fingerprint density at radius 3 is 2.55 bits per heavy atom. The average molecular weight is 342 g/mol. The minimum absolute atomic E-state index is 0.0308. The summed E-state index contributed by atoms with van der Waals surface area (Å²) in [6.07, 6.45) is 0. The van der Waals surface area contributed by atoms with E-state index in [1.807, 2.05) is 20.8 Å². The zero-order valence-electron chi connectivity index (χ0n) is 11.9. The maximum Gasteiger partial charge on any atom is 0.256 e.